The van der Waals surface area contributed by atoms with Crippen LogP contribution < -0.4 is 6.15 Å². The minimum absolute atomic E-state index is 0. The van der Waals surface area contributed by atoms with Crippen molar-refractivity contribution >= 4 is 11.5 Å². The lowest BCUT2D eigenvalue weighted by Crippen LogP contribution is -1.43. The van der Waals surface area contributed by atoms with Crippen LogP contribution in [0.2, 0.25) is 0 Å². The summed E-state index contributed by atoms with van der Waals surface area (Å²) in [4.78, 5) is 3.63. The molecule has 0 N–H and O–H groups in total. The summed E-state index contributed by atoms with van der Waals surface area (Å²) >= 11 is 1.35. The molecular formula is C2H2N3S. The normalized spacial score (nSPS) is 6.67. The molecule has 0 aliphatic rings. The molecule has 0 amide bonds. The first kappa shape index (κ1) is 5.52. The molecule has 4 heteroatoms. The van der Waals surface area contributed by atoms with Gasteiger partial charge in [-0.1, -0.05) is 0 Å². The highest BCUT2D eigenvalue weighted by Gasteiger charge is 1.60. The van der Waals surface area contributed by atoms with Gasteiger partial charge in [-0.3, -0.25) is 0 Å². The maximum absolute atomic E-state index is 3.65. The van der Waals surface area contributed by atoms with E-state index in [0.29, 0.717) is 0 Å². The van der Waals surface area contributed by atoms with E-state index in [-0.39, 0.29) is 6.15 Å². The standard InChI is InChI=1S/C2H2N2S.N/c1-3-2-5-4-1;/h1-2H;. The quantitative estimate of drug-likeness (QED) is 0.462. The van der Waals surface area contributed by atoms with Gasteiger partial charge in [-0.15, -0.1) is 0 Å². The van der Waals surface area contributed by atoms with Crippen LogP contribution in [0.4, 0.5) is 0 Å². The van der Waals surface area contributed by atoms with Crippen molar-refractivity contribution in [3.8, 4) is 0 Å². The van der Waals surface area contributed by atoms with Gasteiger partial charge in [0.2, 0.25) is 0 Å². The van der Waals surface area contributed by atoms with Crippen LogP contribution in [0.5, 0.6) is 0 Å². The molecule has 0 atom stereocenters. The van der Waals surface area contributed by atoms with Gasteiger partial charge in [0, 0.05) is 6.15 Å². The molecular weight excluding hydrogens is 98.1 g/mol. The second kappa shape index (κ2) is 2.74. The first-order valence-electron chi connectivity index (χ1n) is 1.19. The Hall–Kier alpha value is -0.480. The van der Waals surface area contributed by atoms with Gasteiger partial charge in [0.1, 0.15) is 11.8 Å². The molecule has 0 aromatic carbocycles. The van der Waals surface area contributed by atoms with Gasteiger partial charge in [-0.2, -0.15) is 4.37 Å². The summed E-state index contributed by atoms with van der Waals surface area (Å²) < 4.78 is 3.65. The SMILES string of the molecule is [N].c1ncsn1. The van der Waals surface area contributed by atoms with Crippen LogP contribution in [0.3, 0.4) is 0 Å². The maximum Gasteiger partial charge on any atom is 0.129 e. The Bertz CT molecular complexity index is 65.3. The first-order valence-corrected chi connectivity index (χ1v) is 2.03. The molecule has 3 radical (unpaired) electrons. The Morgan fingerprint density at radius 2 is 2.33 bits per heavy atom. The third kappa shape index (κ3) is 1.09. The van der Waals surface area contributed by atoms with Crippen molar-refractivity contribution in [2.24, 2.45) is 0 Å². The molecule has 0 bridgehead atoms. The minimum Gasteiger partial charge on any atom is -0.231 e. The Morgan fingerprint density at radius 1 is 1.50 bits per heavy atom. The van der Waals surface area contributed by atoms with E-state index in [4.69, 9.17) is 0 Å². The van der Waals surface area contributed by atoms with Crippen molar-refractivity contribution in [1.29, 1.82) is 0 Å². The molecule has 0 fully saturated rings. The van der Waals surface area contributed by atoms with Gasteiger partial charge >= 0.3 is 0 Å². The van der Waals surface area contributed by atoms with E-state index >= 15 is 0 Å². The zero-order chi connectivity index (χ0) is 3.54. The van der Waals surface area contributed by atoms with Gasteiger partial charge in [0.25, 0.3) is 0 Å². The van der Waals surface area contributed by atoms with Gasteiger partial charge in [-0.25, -0.2) is 4.98 Å². The number of hydrogen-bond donors (Lipinski definition) is 0. The summed E-state index contributed by atoms with van der Waals surface area (Å²) in [5.41, 5.74) is 1.68. The van der Waals surface area contributed by atoms with Crippen molar-refractivity contribution in [3.05, 3.63) is 11.8 Å². The summed E-state index contributed by atoms with van der Waals surface area (Å²) in [6.07, 6.45) is 1.52. The average molecular weight is 100 g/mol. The summed E-state index contributed by atoms with van der Waals surface area (Å²) in [6.45, 7) is 0. The van der Waals surface area contributed by atoms with Crippen LogP contribution in [-0.2, 0) is 0 Å². The molecule has 0 saturated heterocycles. The zero-order valence-electron chi connectivity index (χ0n) is 2.90. The van der Waals surface area contributed by atoms with Gasteiger partial charge in [0.05, 0.1) is 0 Å². The van der Waals surface area contributed by atoms with E-state index in [1.165, 1.54) is 17.9 Å². The molecule has 3 nitrogen and oxygen atoms in total. The van der Waals surface area contributed by atoms with Crippen molar-refractivity contribution < 1.29 is 0 Å². The molecule has 0 saturated carbocycles. The smallest absolute Gasteiger partial charge is 0.129 e. The molecule has 6 heavy (non-hydrogen) atoms. The summed E-state index contributed by atoms with van der Waals surface area (Å²) in [7, 11) is 0. The predicted molar refractivity (Wildman–Crippen MR) is 22.0 cm³/mol. The zero-order valence-corrected chi connectivity index (χ0v) is 3.72. The Labute approximate surface area is 39.8 Å². The molecule has 0 spiro atoms. The Morgan fingerprint density at radius 3 is 2.50 bits per heavy atom. The molecule has 0 unspecified atom stereocenters. The van der Waals surface area contributed by atoms with E-state index in [1.807, 2.05) is 0 Å². The van der Waals surface area contributed by atoms with Crippen LogP contribution in [0.15, 0.2) is 11.8 Å². The van der Waals surface area contributed by atoms with Crippen molar-refractivity contribution in [2.75, 3.05) is 0 Å². The molecule has 0 aliphatic carbocycles. The monoisotopic (exact) mass is 100.0 g/mol. The van der Waals surface area contributed by atoms with Gasteiger partial charge < -0.3 is 0 Å². The van der Waals surface area contributed by atoms with E-state index in [2.05, 4.69) is 9.36 Å². The van der Waals surface area contributed by atoms with E-state index < -0.39 is 0 Å². The number of nitrogens with zero attached hydrogens (tertiary/aromatic N) is 3. The lowest BCUT2D eigenvalue weighted by molar-refractivity contribution is 1.33. The van der Waals surface area contributed by atoms with Crippen LogP contribution in [0, 0.1) is 0 Å². The lowest BCUT2D eigenvalue weighted by atomic mass is 11.4. The summed E-state index contributed by atoms with van der Waals surface area (Å²) in [5, 5.41) is 0. The second-order valence-electron chi connectivity index (χ2n) is 0.581. The highest BCUT2D eigenvalue weighted by atomic mass is 32.1. The molecule has 0 aliphatic heterocycles. The molecule has 31 valence electrons. The number of hydrogen-bond acceptors (Lipinski definition) is 3. The molecule has 1 heterocycles. The minimum atomic E-state index is 0. The topological polar surface area (TPSA) is 56.3 Å². The average Bonchev–Trinajstić information content (AvgIpc) is 1.76. The largest absolute Gasteiger partial charge is 0.231 e. The Kier molecular flexibility index (Phi) is 2.52. The van der Waals surface area contributed by atoms with E-state index in [0.717, 1.165) is 0 Å². The third-order valence-electron chi connectivity index (χ3n) is 0.283. The van der Waals surface area contributed by atoms with Crippen molar-refractivity contribution in [2.45, 2.75) is 0 Å². The van der Waals surface area contributed by atoms with Crippen LogP contribution >= 0.6 is 11.5 Å². The highest BCUT2D eigenvalue weighted by Crippen LogP contribution is 1.77. The van der Waals surface area contributed by atoms with E-state index in [1.54, 1.807) is 5.51 Å². The van der Waals surface area contributed by atoms with Crippen LogP contribution in [0.25, 0.3) is 0 Å². The molecule has 1 aromatic rings. The maximum atomic E-state index is 3.65. The summed E-state index contributed by atoms with van der Waals surface area (Å²) in [5.74, 6) is 0. The van der Waals surface area contributed by atoms with Crippen molar-refractivity contribution in [1.82, 2.24) is 15.5 Å². The molecule has 1 aromatic heterocycles. The summed E-state index contributed by atoms with van der Waals surface area (Å²) in [6, 6.07) is 0. The Balaban J connectivity index is 0.000000250. The van der Waals surface area contributed by atoms with Gasteiger partial charge in [-0.05, 0) is 11.5 Å². The van der Waals surface area contributed by atoms with E-state index in [9.17, 15) is 0 Å². The van der Waals surface area contributed by atoms with Gasteiger partial charge in [0.15, 0.2) is 0 Å². The fraction of sp³-hybridized carbons (Fsp3) is 0. The number of aromatic nitrogens is 2. The van der Waals surface area contributed by atoms with Crippen LogP contribution in [0.1, 0.15) is 0 Å². The first-order chi connectivity index (χ1) is 2.50. The highest BCUT2D eigenvalue weighted by molar-refractivity contribution is 7.03. The van der Waals surface area contributed by atoms with Crippen LogP contribution in [-0.4, -0.2) is 9.36 Å². The second-order valence-corrected chi connectivity index (χ2v) is 1.21. The lowest BCUT2D eigenvalue weighted by Gasteiger charge is -1.38. The fourth-order valence-corrected chi connectivity index (χ4v) is 0.408. The van der Waals surface area contributed by atoms with Crippen molar-refractivity contribution in [3.63, 3.8) is 0 Å². The molecule has 1 rings (SSSR count). The fourth-order valence-electron chi connectivity index (χ4n) is 0.136. The predicted octanol–water partition coefficient (Wildman–Crippen LogP) is 0.0575. The third-order valence-corrected chi connectivity index (χ3v) is 0.715. The number of rotatable bonds is 0.